The molecule has 23 heavy (non-hydrogen) atoms. The molecule has 0 bridgehead atoms. The lowest BCUT2D eigenvalue weighted by Gasteiger charge is -2.13. The van der Waals surface area contributed by atoms with Crippen molar-refractivity contribution in [3.05, 3.63) is 76.5 Å². The Hall–Kier alpha value is -2.99. The summed E-state index contributed by atoms with van der Waals surface area (Å²) >= 11 is 0. The van der Waals surface area contributed by atoms with Crippen LogP contribution in [0, 0.1) is 10.1 Å². The van der Waals surface area contributed by atoms with Crippen LogP contribution in [0.1, 0.15) is 11.7 Å². The molecule has 1 N–H and O–H groups in total. The van der Waals surface area contributed by atoms with Crippen LogP contribution >= 0.6 is 0 Å². The van der Waals surface area contributed by atoms with Gasteiger partial charge in [0.2, 0.25) is 0 Å². The molecule has 1 aromatic heterocycles. The van der Waals surface area contributed by atoms with Crippen LogP contribution in [-0.2, 0) is 0 Å². The Kier molecular flexibility index (Phi) is 4.16. The van der Waals surface area contributed by atoms with Gasteiger partial charge in [-0.15, -0.1) is 0 Å². The second-order valence-electron chi connectivity index (χ2n) is 4.98. The van der Waals surface area contributed by atoms with Crippen molar-refractivity contribution in [1.29, 1.82) is 0 Å². The zero-order valence-corrected chi connectivity index (χ0v) is 12.1. The first-order valence-electron chi connectivity index (χ1n) is 7.05. The highest BCUT2D eigenvalue weighted by Gasteiger charge is 2.16. The summed E-state index contributed by atoms with van der Waals surface area (Å²) in [4.78, 5) is 14.8. The van der Waals surface area contributed by atoms with Crippen molar-refractivity contribution in [3.8, 4) is 5.75 Å². The third-order valence-electron chi connectivity index (χ3n) is 3.49. The average Bonchev–Trinajstić information content (AvgIpc) is 2.59. The molecule has 6 nitrogen and oxygen atoms in total. The first-order valence-corrected chi connectivity index (χ1v) is 7.05. The lowest BCUT2D eigenvalue weighted by Crippen LogP contribution is -2.10. The van der Waals surface area contributed by atoms with Crippen molar-refractivity contribution in [2.45, 2.75) is 6.10 Å². The third kappa shape index (κ3) is 3.12. The second-order valence-corrected chi connectivity index (χ2v) is 4.98. The normalized spacial score (nSPS) is 12.0. The van der Waals surface area contributed by atoms with Crippen LogP contribution < -0.4 is 4.74 Å². The minimum Gasteiger partial charge on any atom is -0.488 e. The van der Waals surface area contributed by atoms with Crippen LogP contribution in [0.15, 0.2) is 60.8 Å². The summed E-state index contributed by atoms with van der Waals surface area (Å²) in [6.07, 6.45) is 0.761. The third-order valence-corrected chi connectivity index (χ3v) is 3.49. The number of non-ortho nitro benzene ring substituents is 1. The van der Waals surface area contributed by atoms with Crippen molar-refractivity contribution in [2.75, 3.05) is 6.61 Å². The Morgan fingerprint density at radius 2 is 1.91 bits per heavy atom. The van der Waals surface area contributed by atoms with Crippen molar-refractivity contribution < 1.29 is 14.8 Å². The number of ether oxygens (including phenoxy) is 1. The van der Waals surface area contributed by atoms with Gasteiger partial charge in [-0.3, -0.25) is 15.1 Å². The van der Waals surface area contributed by atoms with Gasteiger partial charge in [0, 0.05) is 12.3 Å². The lowest BCUT2D eigenvalue weighted by molar-refractivity contribution is -0.383. The molecular formula is C17H14N2O4. The van der Waals surface area contributed by atoms with Crippen molar-refractivity contribution in [3.63, 3.8) is 0 Å². The molecule has 0 radical (unpaired) electrons. The first-order chi connectivity index (χ1) is 11.2. The molecule has 0 aliphatic rings. The monoisotopic (exact) mass is 310 g/mol. The molecule has 3 aromatic rings. The van der Waals surface area contributed by atoms with Crippen molar-refractivity contribution in [2.24, 2.45) is 0 Å². The molecule has 116 valence electrons. The fourth-order valence-electron chi connectivity index (χ4n) is 2.35. The Morgan fingerprint density at radius 3 is 2.65 bits per heavy atom. The van der Waals surface area contributed by atoms with E-state index in [1.54, 1.807) is 30.5 Å². The fourth-order valence-corrected chi connectivity index (χ4v) is 2.35. The minimum absolute atomic E-state index is 0.0240. The molecule has 0 amide bonds. The molecule has 0 aliphatic carbocycles. The first kappa shape index (κ1) is 14.9. The average molecular weight is 310 g/mol. The van der Waals surface area contributed by atoms with Gasteiger partial charge in [-0.05, 0) is 23.8 Å². The summed E-state index contributed by atoms with van der Waals surface area (Å²) in [7, 11) is 0. The molecule has 1 heterocycles. The highest BCUT2D eigenvalue weighted by Crippen LogP contribution is 2.31. The summed E-state index contributed by atoms with van der Waals surface area (Å²) in [6.45, 7) is 0.0352. The standard InChI is InChI=1S/C17H14N2O4/c20-15(12-5-2-1-3-6-12)11-23-16-9-8-14(19(21)22)13-7-4-10-18-17(13)16/h1-10,15,20H,11H2. The van der Waals surface area contributed by atoms with Crippen LogP contribution in [0.3, 0.4) is 0 Å². The second kappa shape index (κ2) is 6.41. The minimum atomic E-state index is -0.787. The van der Waals surface area contributed by atoms with E-state index in [4.69, 9.17) is 4.74 Å². The summed E-state index contributed by atoms with van der Waals surface area (Å²) in [5.41, 5.74) is 1.12. The quantitative estimate of drug-likeness (QED) is 0.577. The zero-order valence-electron chi connectivity index (χ0n) is 12.1. The maximum Gasteiger partial charge on any atom is 0.279 e. The van der Waals surface area contributed by atoms with Gasteiger partial charge in [0.15, 0.2) is 0 Å². The molecule has 0 saturated carbocycles. The predicted molar refractivity (Wildman–Crippen MR) is 85.3 cm³/mol. The van der Waals surface area contributed by atoms with Crippen LogP contribution in [-0.4, -0.2) is 21.6 Å². The highest BCUT2D eigenvalue weighted by atomic mass is 16.6. The number of aromatic nitrogens is 1. The number of aliphatic hydroxyl groups is 1. The van der Waals surface area contributed by atoms with Gasteiger partial charge < -0.3 is 9.84 Å². The van der Waals surface area contributed by atoms with E-state index in [1.807, 2.05) is 18.2 Å². The highest BCUT2D eigenvalue weighted by molar-refractivity contribution is 5.92. The van der Waals surface area contributed by atoms with Crippen molar-refractivity contribution in [1.82, 2.24) is 4.98 Å². The number of aliphatic hydroxyl groups excluding tert-OH is 1. The Labute approximate surface area is 132 Å². The van der Waals surface area contributed by atoms with E-state index in [1.165, 1.54) is 12.1 Å². The predicted octanol–water partition coefficient (Wildman–Crippen LogP) is 3.26. The summed E-state index contributed by atoms with van der Waals surface area (Å²) < 4.78 is 5.64. The van der Waals surface area contributed by atoms with E-state index in [0.717, 1.165) is 5.56 Å². The van der Waals surface area contributed by atoms with E-state index in [2.05, 4.69) is 4.98 Å². The van der Waals surface area contributed by atoms with Gasteiger partial charge in [0.25, 0.3) is 5.69 Å². The molecule has 0 saturated heterocycles. The van der Waals surface area contributed by atoms with E-state index in [9.17, 15) is 15.2 Å². The van der Waals surface area contributed by atoms with Gasteiger partial charge in [-0.25, -0.2) is 0 Å². The topological polar surface area (TPSA) is 85.5 Å². The largest absolute Gasteiger partial charge is 0.488 e. The van der Waals surface area contributed by atoms with E-state index < -0.39 is 11.0 Å². The van der Waals surface area contributed by atoms with Gasteiger partial charge in [0.1, 0.15) is 24.0 Å². The van der Waals surface area contributed by atoms with Gasteiger partial charge in [0.05, 0.1) is 10.3 Å². The molecule has 0 aliphatic heterocycles. The van der Waals surface area contributed by atoms with Crippen LogP contribution in [0.4, 0.5) is 5.69 Å². The lowest BCUT2D eigenvalue weighted by atomic mass is 10.1. The summed E-state index contributed by atoms with van der Waals surface area (Å²) in [5, 5.41) is 21.6. The van der Waals surface area contributed by atoms with Crippen LogP contribution in [0.5, 0.6) is 5.75 Å². The molecule has 6 heteroatoms. The van der Waals surface area contributed by atoms with Crippen LogP contribution in [0.25, 0.3) is 10.9 Å². The number of nitrogens with zero attached hydrogens (tertiary/aromatic N) is 2. The summed E-state index contributed by atoms with van der Waals surface area (Å²) in [6, 6.07) is 15.3. The fraction of sp³-hybridized carbons (Fsp3) is 0.118. The number of nitro groups is 1. The maximum absolute atomic E-state index is 11.1. The van der Waals surface area contributed by atoms with Crippen LogP contribution in [0.2, 0.25) is 0 Å². The molecule has 1 atom stereocenters. The Morgan fingerprint density at radius 1 is 1.13 bits per heavy atom. The number of hydrogen-bond acceptors (Lipinski definition) is 5. The maximum atomic E-state index is 11.1. The van der Waals surface area contributed by atoms with E-state index >= 15 is 0 Å². The molecule has 1 unspecified atom stereocenters. The molecule has 0 fully saturated rings. The van der Waals surface area contributed by atoms with Gasteiger partial charge >= 0.3 is 0 Å². The number of rotatable bonds is 5. The molecule has 3 rings (SSSR count). The smallest absolute Gasteiger partial charge is 0.279 e. The number of hydrogen-bond donors (Lipinski definition) is 1. The molecule has 0 spiro atoms. The molecular weight excluding hydrogens is 296 g/mol. The Bertz CT molecular complexity index is 836. The summed E-state index contributed by atoms with van der Waals surface area (Å²) in [5.74, 6) is 0.404. The molecule has 2 aromatic carbocycles. The number of fused-ring (bicyclic) bond motifs is 1. The van der Waals surface area contributed by atoms with Gasteiger partial charge in [-0.2, -0.15) is 0 Å². The number of nitro benzene ring substituents is 1. The number of benzene rings is 2. The zero-order chi connectivity index (χ0) is 16.2. The van der Waals surface area contributed by atoms with Crippen molar-refractivity contribution >= 4 is 16.6 Å². The SMILES string of the molecule is O=[N+]([O-])c1ccc(OCC(O)c2ccccc2)c2ncccc12. The van der Waals surface area contributed by atoms with E-state index in [-0.39, 0.29) is 12.3 Å². The van der Waals surface area contributed by atoms with E-state index in [0.29, 0.717) is 16.7 Å². The van der Waals surface area contributed by atoms with Gasteiger partial charge in [-0.1, -0.05) is 30.3 Å². The number of pyridine rings is 1. The Balaban J connectivity index is 1.87.